The standard InChI is InChI=1S/C32H24N2O2/c35-34(36)31-22-16-25(17-23-31)24-33-30-20-18-29(19-21-30)32(26-10-4-1-5-11-26,27-12-6-2-7-13-27)28-14-8-3-9-15-28/h1-24H. The number of non-ortho nitro benzene ring substituents is 1. The zero-order valence-corrected chi connectivity index (χ0v) is 19.6. The van der Waals surface area contributed by atoms with Crippen molar-refractivity contribution < 1.29 is 4.92 Å². The van der Waals surface area contributed by atoms with Crippen LogP contribution >= 0.6 is 0 Å². The quantitative estimate of drug-likeness (QED) is 0.106. The Hall–Kier alpha value is -4.83. The normalized spacial score (nSPS) is 11.4. The largest absolute Gasteiger partial charge is 0.269 e. The predicted molar refractivity (Wildman–Crippen MR) is 145 cm³/mol. The van der Waals surface area contributed by atoms with E-state index in [2.05, 4.69) is 89.9 Å². The molecule has 0 aliphatic rings. The minimum Gasteiger partial charge on any atom is -0.258 e. The summed E-state index contributed by atoms with van der Waals surface area (Å²) in [7, 11) is 0. The van der Waals surface area contributed by atoms with Crippen LogP contribution in [-0.2, 0) is 5.41 Å². The Kier molecular flexibility index (Phi) is 6.50. The topological polar surface area (TPSA) is 55.5 Å². The van der Waals surface area contributed by atoms with Gasteiger partial charge in [0.15, 0.2) is 0 Å². The van der Waals surface area contributed by atoms with Gasteiger partial charge in [-0.05, 0) is 52.1 Å². The van der Waals surface area contributed by atoms with Crippen molar-refractivity contribution in [3.05, 3.63) is 177 Å². The van der Waals surface area contributed by atoms with E-state index in [0.29, 0.717) is 0 Å². The Labute approximate surface area is 210 Å². The predicted octanol–water partition coefficient (Wildman–Crippen LogP) is 7.73. The number of nitro benzene ring substituents is 1. The summed E-state index contributed by atoms with van der Waals surface area (Å²) in [6, 6.07) is 46.4. The number of nitrogens with zero attached hydrogens (tertiary/aromatic N) is 2. The molecule has 0 fully saturated rings. The minimum absolute atomic E-state index is 0.0654. The Morgan fingerprint density at radius 1 is 0.556 bits per heavy atom. The minimum atomic E-state index is -0.496. The van der Waals surface area contributed by atoms with Crippen molar-refractivity contribution in [1.29, 1.82) is 0 Å². The van der Waals surface area contributed by atoms with E-state index in [1.165, 1.54) is 28.8 Å². The summed E-state index contributed by atoms with van der Waals surface area (Å²) >= 11 is 0. The van der Waals surface area contributed by atoms with Gasteiger partial charge in [0.05, 0.1) is 16.0 Å². The number of hydrogen-bond acceptors (Lipinski definition) is 3. The van der Waals surface area contributed by atoms with Gasteiger partial charge in [-0.1, -0.05) is 103 Å². The number of hydrogen-bond donors (Lipinski definition) is 0. The Bertz CT molecular complexity index is 1370. The SMILES string of the molecule is O=[N+]([O-])c1ccc(C=Nc2ccc(C(c3ccccc3)(c3ccccc3)c3ccccc3)cc2)cc1. The van der Waals surface area contributed by atoms with Crippen LogP contribution in [0.2, 0.25) is 0 Å². The van der Waals surface area contributed by atoms with Crippen LogP contribution in [0, 0.1) is 10.1 Å². The molecule has 5 aromatic carbocycles. The van der Waals surface area contributed by atoms with Crippen LogP contribution in [0.4, 0.5) is 11.4 Å². The highest BCUT2D eigenvalue weighted by molar-refractivity contribution is 5.82. The van der Waals surface area contributed by atoms with Gasteiger partial charge in [0.2, 0.25) is 0 Å². The molecule has 4 heteroatoms. The third kappa shape index (κ3) is 4.44. The molecule has 36 heavy (non-hydrogen) atoms. The lowest BCUT2D eigenvalue weighted by molar-refractivity contribution is -0.384. The summed E-state index contributed by atoms with van der Waals surface area (Å²) in [5.41, 5.74) is 5.87. The second-order valence-corrected chi connectivity index (χ2v) is 8.50. The lowest BCUT2D eigenvalue weighted by atomic mass is 9.65. The molecule has 0 aliphatic heterocycles. The number of aliphatic imine (C=N–C) groups is 1. The van der Waals surface area contributed by atoms with Gasteiger partial charge >= 0.3 is 0 Å². The van der Waals surface area contributed by atoms with Gasteiger partial charge < -0.3 is 0 Å². The van der Waals surface area contributed by atoms with E-state index < -0.39 is 10.3 Å². The lowest BCUT2D eigenvalue weighted by Gasteiger charge is -2.36. The highest BCUT2D eigenvalue weighted by Crippen LogP contribution is 2.45. The van der Waals surface area contributed by atoms with Gasteiger partial charge in [-0.2, -0.15) is 0 Å². The van der Waals surface area contributed by atoms with Crippen molar-refractivity contribution in [2.24, 2.45) is 4.99 Å². The summed E-state index contributed by atoms with van der Waals surface area (Å²) in [4.78, 5) is 15.1. The van der Waals surface area contributed by atoms with E-state index in [1.54, 1.807) is 18.3 Å². The number of nitro groups is 1. The molecule has 0 N–H and O–H groups in total. The van der Waals surface area contributed by atoms with Crippen LogP contribution in [0.15, 0.2) is 145 Å². The van der Waals surface area contributed by atoms with Crippen LogP contribution in [0.25, 0.3) is 0 Å². The Balaban J connectivity index is 1.59. The second kappa shape index (κ2) is 10.2. The average Bonchev–Trinajstić information content (AvgIpc) is 2.95. The zero-order valence-electron chi connectivity index (χ0n) is 19.6. The van der Waals surface area contributed by atoms with Crippen LogP contribution in [0.3, 0.4) is 0 Å². The second-order valence-electron chi connectivity index (χ2n) is 8.50. The van der Waals surface area contributed by atoms with Crippen molar-refractivity contribution in [3.63, 3.8) is 0 Å². The van der Waals surface area contributed by atoms with Crippen LogP contribution in [-0.4, -0.2) is 11.1 Å². The van der Waals surface area contributed by atoms with Gasteiger partial charge in [-0.3, -0.25) is 15.1 Å². The molecule has 0 bridgehead atoms. The number of rotatable bonds is 7. The van der Waals surface area contributed by atoms with Crippen LogP contribution < -0.4 is 0 Å². The first-order chi connectivity index (χ1) is 17.7. The summed E-state index contributed by atoms with van der Waals surface area (Å²) < 4.78 is 0. The van der Waals surface area contributed by atoms with E-state index in [0.717, 1.165) is 16.8 Å². The summed E-state index contributed by atoms with van der Waals surface area (Å²) in [6.07, 6.45) is 1.72. The molecule has 0 spiro atoms. The Morgan fingerprint density at radius 2 is 0.972 bits per heavy atom. The molecule has 0 heterocycles. The molecule has 0 amide bonds. The number of benzene rings is 5. The molecule has 5 aromatic rings. The molecule has 0 atom stereocenters. The van der Waals surface area contributed by atoms with Gasteiger partial charge in [0.1, 0.15) is 0 Å². The van der Waals surface area contributed by atoms with Crippen molar-refractivity contribution in [2.45, 2.75) is 5.41 Å². The lowest BCUT2D eigenvalue weighted by Crippen LogP contribution is -2.30. The zero-order chi connectivity index (χ0) is 24.8. The van der Waals surface area contributed by atoms with Crippen molar-refractivity contribution >= 4 is 17.6 Å². The van der Waals surface area contributed by atoms with Crippen LogP contribution in [0.5, 0.6) is 0 Å². The maximum atomic E-state index is 10.9. The maximum Gasteiger partial charge on any atom is 0.269 e. The first-order valence-corrected chi connectivity index (χ1v) is 11.7. The van der Waals surface area contributed by atoms with Crippen molar-refractivity contribution in [2.75, 3.05) is 0 Å². The van der Waals surface area contributed by atoms with E-state index in [-0.39, 0.29) is 5.69 Å². The maximum absolute atomic E-state index is 10.9. The fourth-order valence-corrected chi connectivity index (χ4v) is 4.69. The molecule has 0 saturated carbocycles. The molecule has 0 aliphatic carbocycles. The molecule has 4 nitrogen and oxygen atoms in total. The third-order valence-corrected chi connectivity index (χ3v) is 6.39. The van der Waals surface area contributed by atoms with E-state index >= 15 is 0 Å². The summed E-state index contributed by atoms with van der Waals surface area (Å²) in [5, 5.41) is 10.9. The summed E-state index contributed by atoms with van der Waals surface area (Å²) in [5.74, 6) is 0. The highest BCUT2D eigenvalue weighted by Gasteiger charge is 2.38. The fourth-order valence-electron chi connectivity index (χ4n) is 4.69. The van der Waals surface area contributed by atoms with Gasteiger partial charge in [0, 0.05) is 18.3 Å². The molecule has 0 radical (unpaired) electrons. The third-order valence-electron chi connectivity index (χ3n) is 6.39. The fraction of sp³-hybridized carbons (Fsp3) is 0.0312. The van der Waals surface area contributed by atoms with E-state index in [1.807, 2.05) is 30.3 Å². The smallest absolute Gasteiger partial charge is 0.258 e. The van der Waals surface area contributed by atoms with Gasteiger partial charge in [0.25, 0.3) is 5.69 Å². The molecular formula is C32H24N2O2. The van der Waals surface area contributed by atoms with Crippen molar-refractivity contribution in [3.8, 4) is 0 Å². The Morgan fingerprint density at radius 3 is 1.39 bits per heavy atom. The van der Waals surface area contributed by atoms with E-state index in [4.69, 9.17) is 0 Å². The van der Waals surface area contributed by atoms with E-state index in [9.17, 15) is 10.1 Å². The molecular weight excluding hydrogens is 444 g/mol. The molecule has 0 saturated heterocycles. The monoisotopic (exact) mass is 468 g/mol. The first-order valence-electron chi connectivity index (χ1n) is 11.7. The van der Waals surface area contributed by atoms with Crippen LogP contribution in [0.1, 0.15) is 27.8 Å². The van der Waals surface area contributed by atoms with Gasteiger partial charge in [-0.25, -0.2) is 0 Å². The summed E-state index contributed by atoms with van der Waals surface area (Å²) in [6.45, 7) is 0. The van der Waals surface area contributed by atoms with Crippen molar-refractivity contribution in [1.82, 2.24) is 0 Å². The highest BCUT2D eigenvalue weighted by atomic mass is 16.6. The van der Waals surface area contributed by atoms with Gasteiger partial charge in [-0.15, -0.1) is 0 Å². The average molecular weight is 469 g/mol. The molecule has 5 rings (SSSR count). The molecule has 0 unspecified atom stereocenters. The first kappa shape index (κ1) is 22.9. The molecule has 174 valence electrons. The molecule has 0 aromatic heterocycles.